The van der Waals surface area contributed by atoms with Gasteiger partial charge in [-0.2, -0.15) is 0 Å². The molecule has 0 bridgehead atoms. The molecular formula is C12H24N2O3. The van der Waals surface area contributed by atoms with Gasteiger partial charge in [0.25, 0.3) is 0 Å². The van der Waals surface area contributed by atoms with Gasteiger partial charge in [0.1, 0.15) is 6.04 Å². The van der Waals surface area contributed by atoms with Crippen molar-refractivity contribution in [2.24, 2.45) is 5.92 Å². The fraction of sp³-hybridized carbons (Fsp3) is 0.833. The fourth-order valence-corrected chi connectivity index (χ4v) is 1.70. The van der Waals surface area contributed by atoms with Crippen molar-refractivity contribution in [1.82, 2.24) is 10.2 Å². The average Bonchev–Trinajstić information content (AvgIpc) is 2.25. The van der Waals surface area contributed by atoms with Crippen molar-refractivity contribution in [3.63, 3.8) is 0 Å². The van der Waals surface area contributed by atoms with E-state index in [1.165, 1.54) is 0 Å². The molecule has 0 aromatic rings. The van der Waals surface area contributed by atoms with Gasteiger partial charge in [-0.3, -0.25) is 14.9 Å². The maximum Gasteiger partial charge on any atom is 0.320 e. The van der Waals surface area contributed by atoms with E-state index < -0.39 is 18.1 Å². The number of amides is 1. The van der Waals surface area contributed by atoms with Gasteiger partial charge in [-0.1, -0.05) is 13.8 Å². The molecule has 0 radical (unpaired) electrons. The minimum atomic E-state index is -0.917. The maximum atomic E-state index is 12.0. The van der Waals surface area contributed by atoms with Crippen LogP contribution in [0.2, 0.25) is 0 Å². The minimum Gasteiger partial charge on any atom is -0.480 e. The monoisotopic (exact) mass is 244 g/mol. The molecular weight excluding hydrogens is 220 g/mol. The summed E-state index contributed by atoms with van der Waals surface area (Å²) < 4.78 is 0. The van der Waals surface area contributed by atoms with Gasteiger partial charge in [-0.25, -0.2) is 0 Å². The Labute approximate surface area is 103 Å². The first-order valence-electron chi connectivity index (χ1n) is 6.12. The van der Waals surface area contributed by atoms with E-state index in [1.807, 2.05) is 27.7 Å². The second kappa shape index (κ2) is 7.27. The molecule has 2 atom stereocenters. The highest BCUT2D eigenvalue weighted by Crippen LogP contribution is 2.04. The van der Waals surface area contributed by atoms with E-state index in [1.54, 1.807) is 11.8 Å². The Kier molecular flexibility index (Phi) is 6.80. The van der Waals surface area contributed by atoms with Gasteiger partial charge in [0.15, 0.2) is 0 Å². The van der Waals surface area contributed by atoms with E-state index in [2.05, 4.69) is 5.32 Å². The summed E-state index contributed by atoms with van der Waals surface area (Å²) in [4.78, 5) is 24.7. The highest BCUT2D eigenvalue weighted by atomic mass is 16.4. The molecule has 5 nitrogen and oxygen atoms in total. The Morgan fingerprint density at radius 3 is 1.94 bits per heavy atom. The number of nitrogens with zero attached hydrogens (tertiary/aromatic N) is 1. The number of aliphatic carboxylic acids is 1. The molecule has 1 amide bonds. The molecule has 2 unspecified atom stereocenters. The van der Waals surface area contributed by atoms with Crippen molar-refractivity contribution < 1.29 is 14.7 Å². The van der Waals surface area contributed by atoms with Crippen LogP contribution in [0.25, 0.3) is 0 Å². The lowest BCUT2D eigenvalue weighted by Crippen LogP contribution is -2.52. The van der Waals surface area contributed by atoms with Crippen LogP contribution in [0.1, 0.15) is 34.6 Å². The van der Waals surface area contributed by atoms with Crippen LogP contribution in [0.4, 0.5) is 0 Å². The predicted octanol–water partition coefficient (Wildman–Crippen LogP) is 0.942. The van der Waals surface area contributed by atoms with E-state index >= 15 is 0 Å². The van der Waals surface area contributed by atoms with Crippen LogP contribution in [0, 0.1) is 5.92 Å². The quantitative estimate of drug-likeness (QED) is 0.699. The normalized spacial score (nSPS) is 14.5. The van der Waals surface area contributed by atoms with Gasteiger partial charge < -0.3 is 10.0 Å². The van der Waals surface area contributed by atoms with Crippen LogP contribution in [0.15, 0.2) is 0 Å². The molecule has 5 heteroatoms. The SMILES string of the molecule is CCN(CC)C(=O)C(C)NC(C(=O)O)C(C)C. The lowest BCUT2D eigenvalue weighted by molar-refractivity contribution is -0.141. The largest absolute Gasteiger partial charge is 0.480 e. The second-order valence-electron chi connectivity index (χ2n) is 4.46. The van der Waals surface area contributed by atoms with Crippen molar-refractivity contribution >= 4 is 11.9 Å². The number of hydrogen-bond acceptors (Lipinski definition) is 3. The van der Waals surface area contributed by atoms with Crippen molar-refractivity contribution in [1.29, 1.82) is 0 Å². The van der Waals surface area contributed by atoms with Crippen LogP contribution in [-0.2, 0) is 9.59 Å². The average molecular weight is 244 g/mol. The van der Waals surface area contributed by atoms with Gasteiger partial charge >= 0.3 is 5.97 Å². The summed E-state index contributed by atoms with van der Waals surface area (Å²) in [5.74, 6) is -1.03. The number of carbonyl (C=O) groups excluding carboxylic acids is 1. The maximum absolute atomic E-state index is 12.0. The Bertz CT molecular complexity index is 262. The Hall–Kier alpha value is -1.10. The van der Waals surface area contributed by atoms with E-state index in [-0.39, 0.29) is 11.8 Å². The molecule has 17 heavy (non-hydrogen) atoms. The molecule has 0 spiro atoms. The first kappa shape index (κ1) is 15.9. The standard InChI is InChI=1S/C12H24N2O3/c1-6-14(7-2)11(15)9(5)13-10(8(3)4)12(16)17/h8-10,13H,6-7H2,1-5H3,(H,16,17). The smallest absolute Gasteiger partial charge is 0.320 e. The third-order valence-corrected chi connectivity index (χ3v) is 2.81. The van der Waals surface area contributed by atoms with Crippen LogP contribution in [-0.4, -0.2) is 47.1 Å². The summed E-state index contributed by atoms with van der Waals surface area (Å²) in [6.45, 7) is 10.4. The van der Waals surface area contributed by atoms with Crippen molar-refractivity contribution in [3.05, 3.63) is 0 Å². The predicted molar refractivity (Wildman–Crippen MR) is 66.8 cm³/mol. The summed E-state index contributed by atoms with van der Waals surface area (Å²) in [5, 5.41) is 11.9. The van der Waals surface area contributed by atoms with Crippen LogP contribution in [0.3, 0.4) is 0 Å². The first-order chi connectivity index (χ1) is 7.84. The van der Waals surface area contributed by atoms with Crippen molar-refractivity contribution in [2.45, 2.75) is 46.7 Å². The molecule has 0 heterocycles. The summed E-state index contributed by atoms with van der Waals surface area (Å²) in [6, 6.07) is -1.16. The summed E-state index contributed by atoms with van der Waals surface area (Å²) in [6.07, 6.45) is 0. The van der Waals surface area contributed by atoms with E-state index in [9.17, 15) is 9.59 Å². The number of carboxylic acid groups (broad SMARTS) is 1. The van der Waals surface area contributed by atoms with E-state index in [0.717, 1.165) is 0 Å². The molecule has 0 fully saturated rings. The Morgan fingerprint density at radius 1 is 1.18 bits per heavy atom. The van der Waals surface area contributed by atoms with Crippen molar-refractivity contribution in [2.75, 3.05) is 13.1 Å². The number of carbonyl (C=O) groups is 2. The van der Waals surface area contributed by atoms with Crippen LogP contribution < -0.4 is 5.32 Å². The molecule has 0 rings (SSSR count). The lowest BCUT2D eigenvalue weighted by atomic mass is 10.0. The molecule has 2 N–H and O–H groups in total. The molecule has 0 saturated heterocycles. The molecule has 0 aromatic heterocycles. The molecule has 100 valence electrons. The number of hydrogen-bond donors (Lipinski definition) is 2. The highest BCUT2D eigenvalue weighted by molar-refractivity contribution is 5.82. The Balaban J connectivity index is 4.55. The number of carboxylic acids is 1. The minimum absolute atomic E-state index is 0.0538. The first-order valence-corrected chi connectivity index (χ1v) is 6.12. The molecule has 0 aliphatic rings. The third-order valence-electron chi connectivity index (χ3n) is 2.81. The molecule has 0 aromatic carbocycles. The highest BCUT2D eigenvalue weighted by Gasteiger charge is 2.27. The zero-order valence-electron chi connectivity index (χ0n) is 11.4. The number of rotatable bonds is 7. The molecule has 0 aliphatic carbocycles. The van der Waals surface area contributed by atoms with Gasteiger partial charge in [0.2, 0.25) is 5.91 Å². The number of nitrogens with one attached hydrogen (secondary N) is 1. The van der Waals surface area contributed by atoms with Gasteiger partial charge in [-0.15, -0.1) is 0 Å². The summed E-state index contributed by atoms with van der Waals surface area (Å²) in [5.41, 5.74) is 0. The zero-order valence-corrected chi connectivity index (χ0v) is 11.4. The Morgan fingerprint density at radius 2 is 1.65 bits per heavy atom. The van der Waals surface area contributed by atoms with E-state index in [4.69, 9.17) is 5.11 Å². The number of likely N-dealkylation sites (N-methyl/N-ethyl adjacent to an activating group) is 1. The van der Waals surface area contributed by atoms with Gasteiger partial charge in [-0.05, 0) is 26.7 Å². The lowest BCUT2D eigenvalue weighted by Gasteiger charge is -2.27. The van der Waals surface area contributed by atoms with Crippen LogP contribution >= 0.6 is 0 Å². The van der Waals surface area contributed by atoms with E-state index in [0.29, 0.717) is 13.1 Å². The van der Waals surface area contributed by atoms with Crippen LogP contribution in [0.5, 0.6) is 0 Å². The molecule has 0 saturated carbocycles. The fourth-order valence-electron chi connectivity index (χ4n) is 1.70. The molecule has 0 aliphatic heterocycles. The topological polar surface area (TPSA) is 69.6 Å². The second-order valence-corrected chi connectivity index (χ2v) is 4.46. The summed E-state index contributed by atoms with van der Waals surface area (Å²) in [7, 11) is 0. The van der Waals surface area contributed by atoms with Gasteiger partial charge in [0.05, 0.1) is 6.04 Å². The van der Waals surface area contributed by atoms with Crippen molar-refractivity contribution in [3.8, 4) is 0 Å². The summed E-state index contributed by atoms with van der Waals surface area (Å²) >= 11 is 0. The zero-order chi connectivity index (χ0) is 13.6. The third kappa shape index (κ3) is 4.73. The van der Waals surface area contributed by atoms with Gasteiger partial charge in [0, 0.05) is 13.1 Å².